The average Bonchev–Trinajstić information content (AvgIpc) is 2.97. The molecule has 0 amide bonds. The normalized spacial score (nSPS) is 12.3. The summed E-state index contributed by atoms with van der Waals surface area (Å²) in [7, 11) is 0. The molecule has 0 aliphatic rings. The van der Waals surface area contributed by atoms with E-state index in [-0.39, 0.29) is 17.4 Å². The molecule has 3 aromatic rings. The number of ether oxygens (including phenoxy) is 1. The standard InChI is InChI=1S/C24H26ClNO5/c1-5-31-24(30)20-14(4)26(12-13(2)3)18-8-6-7-16(22(18)20)21(23(28)29)15-9-10-17(25)19(27)11-15/h6-11,13,21,27H,5,12H2,1-4H3,(H,28,29). The number of nitrogens with zero attached hydrogens (tertiary/aromatic N) is 1. The predicted molar refractivity (Wildman–Crippen MR) is 120 cm³/mol. The van der Waals surface area contributed by atoms with Gasteiger partial charge in [0.15, 0.2) is 0 Å². The van der Waals surface area contributed by atoms with Crippen molar-refractivity contribution in [3.05, 3.63) is 63.8 Å². The Kier molecular flexibility index (Phi) is 6.60. The number of carbonyl (C=O) groups is 2. The lowest BCUT2D eigenvalue weighted by Gasteiger charge is -2.16. The lowest BCUT2D eigenvalue weighted by atomic mass is 9.87. The van der Waals surface area contributed by atoms with E-state index in [1.54, 1.807) is 25.1 Å². The number of rotatable bonds is 7. The van der Waals surface area contributed by atoms with Crippen LogP contribution in [0.3, 0.4) is 0 Å². The second-order valence-electron chi connectivity index (χ2n) is 7.91. The van der Waals surface area contributed by atoms with Crippen molar-refractivity contribution < 1.29 is 24.5 Å². The van der Waals surface area contributed by atoms with E-state index in [0.717, 1.165) is 11.2 Å². The van der Waals surface area contributed by atoms with Crippen LogP contribution in [0.25, 0.3) is 10.9 Å². The first kappa shape index (κ1) is 22.7. The molecule has 164 valence electrons. The van der Waals surface area contributed by atoms with Gasteiger partial charge in [0.1, 0.15) is 11.7 Å². The van der Waals surface area contributed by atoms with Gasteiger partial charge in [-0.1, -0.05) is 43.6 Å². The smallest absolute Gasteiger partial charge is 0.340 e. The highest BCUT2D eigenvalue weighted by molar-refractivity contribution is 6.32. The summed E-state index contributed by atoms with van der Waals surface area (Å²) in [5, 5.41) is 20.9. The lowest BCUT2D eigenvalue weighted by Crippen LogP contribution is -2.14. The third-order valence-corrected chi connectivity index (χ3v) is 5.59. The number of phenols is 1. The molecule has 0 aliphatic heterocycles. The second-order valence-corrected chi connectivity index (χ2v) is 8.32. The Bertz CT molecular complexity index is 1150. The summed E-state index contributed by atoms with van der Waals surface area (Å²) >= 11 is 5.92. The van der Waals surface area contributed by atoms with Crippen LogP contribution in [0.15, 0.2) is 36.4 Å². The number of aromatic nitrogens is 1. The maximum Gasteiger partial charge on any atom is 0.340 e. The van der Waals surface area contributed by atoms with Gasteiger partial charge in [-0.25, -0.2) is 4.79 Å². The van der Waals surface area contributed by atoms with Gasteiger partial charge in [-0.15, -0.1) is 0 Å². The summed E-state index contributed by atoms with van der Waals surface area (Å²) in [4.78, 5) is 25.3. The third-order valence-electron chi connectivity index (χ3n) is 5.27. The molecule has 2 aromatic carbocycles. The zero-order valence-corrected chi connectivity index (χ0v) is 18.7. The maximum atomic E-state index is 12.9. The predicted octanol–water partition coefficient (Wildman–Crippen LogP) is 5.36. The Morgan fingerprint density at radius 3 is 2.48 bits per heavy atom. The van der Waals surface area contributed by atoms with Gasteiger partial charge in [-0.3, -0.25) is 4.79 Å². The SMILES string of the molecule is CCOC(=O)c1c(C)n(CC(C)C)c2cccc(C(C(=O)O)c3ccc(Cl)c(O)c3)c12. The number of aliphatic carboxylic acids is 1. The van der Waals surface area contributed by atoms with Crippen molar-refractivity contribution in [3.8, 4) is 5.75 Å². The molecule has 7 heteroatoms. The van der Waals surface area contributed by atoms with E-state index in [2.05, 4.69) is 13.8 Å². The first-order valence-electron chi connectivity index (χ1n) is 10.2. The molecule has 6 nitrogen and oxygen atoms in total. The summed E-state index contributed by atoms with van der Waals surface area (Å²) in [5.74, 6) is -2.57. The van der Waals surface area contributed by atoms with Crippen LogP contribution in [-0.2, 0) is 16.1 Å². The molecule has 1 heterocycles. The van der Waals surface area contributed by atoms with Crippen LogP contribution in [0.5, 0.6) is 5.75 Å². The van der Waals surface area contributed by atoms with Crippen molar-refractivity contribution in [1.82, 2.24) is 4.57 Å². The van der Waals surface area contributed by atoms with Crippen molar-refractivity contribution >= 4 is 34.4 Å². The number of carboxylic acid groups (broad SMARTS) is 1. The Hall–Kier alpha value is -2.99. The van der Waals surface area contributed by atoms with E-state index < -0.39 is 17.9 Å². The molecular formula is C24H26ClNO5. The number of phenolic OH excluding ortho intramolecular Hbond substituents is 1. The van der Waals surface area contributed by atoms with Crippen molar-refractivity contribution in [3.63, 3.8) is 0 Å². The average molecular weight is 444 g/mol. The summed E-state index contributed by atoms with van der Waals surface area (Å²) in [6, 6.07) is 9.76. The molecule has 1 unspecified atom stereocenters. The number of esters is 1. The first-order valence-corrected chi connectivity index (χ1v) is 10.5. The fraction of sp³-hybridized carbons (Fsp3) is 0.333. The largest absolute Gasteiger partial charge is 0.506 e. The molecule has 0 saturated heterocycles. The number of fused-ring (bicyclic) bond motifs is 1. The van der Waals surface area contributed by atoms with Gasteiger partial charge in [0, 0.05) is 23.1 Å². The molecular weight excluding hydrogens is 418 g/mol. The summed E-state index contributed by atoms with van der Waals surface area (Å²) in [6.45, 7) is 8.63. The Labute approximate surface area is 186 Å². The van der Waals surface area contributed by atoms with E-state index in [1.165, 1.54) is 12.1 Å². The quantitative estimate of drug-likeness (QED) is 0.480. The van der Waals surface area contributed by atoms with Gasteiger partial charge >= 0.3 is 11.9 Å². The molecule has 0 spiro atoms. The van der Waals surface area contributed by atoms with Crippen LogP contribution in [0.4, 0.5) is 0 Å². The number of carbonyl (C=O) groups excluding carboxylic acids is 1. The maximum absolute atomic E-state index is 12.9. The molecule has 0 fully saturated rings. The van der Waals surface area contributed by atoms with Gasteiger partial charge < -0.3 is 19.5 Å². The minimum Gasteiger partial charge on any atom is -0.506 e. The lowest BCUT2D eigenvalue weighted by molar-refractivity contribution is -0.137. The highest BCUT2D eigenvalue weighted by atomic mass is 35.5. The van der Waals surface area contributed by atoms with Crippen molar-refractivity contribution in [2.75, 3.05) is 6.61 Å². The van der Waals surface area contributed by atoms with E-state index in [4.69, 9.17) is 16.3 Å². The van der Waals surface area contributed by atoms with Crippen LogP contribution in [-0.4, -0.2) is 33.3 Å². The summed E-state index contributed by atoms with van der Waals surface area (Å²) < 4.78 is 7.35. The van der Waals surface area contributed by atoms with Crippen LogP contribution in [0, 0.1) is 12.8 Å². The summed E-state index contributed by atoms with van der Waals surface area (Å²) in [5.41, 5.74) is 2.71. The highest BCUT2D eigenvalue weighted by Gasteiger charge is 2.30. The molecule has 1 aromatic heterocycles. The van der Waals surface area contributed by atoms with E-state index in [0.29, 0.717) is 34.5 Å². The van der Waals surface area contributed by atoms with Crippen LogP contribution in [0.2, 0.25) is 5.02 Å². The number of aromatic hydroxyl groups is 1. The van der Waals surface area contributed by atoms with E-state index >= 15 is 0 Å². The molecule has 0 saturated carbocycles. The van der Waals surface area contributed by atoms with Gasteiger partial charge in [0.05, 0.1) is 17.2 Å². The number of hydrogen-bond donors (Lipinski definition) is 2. The van der Waals surface area contributed by atoms with E-state index in [1.807, 2.05) is 17.6 Å². The molecule has 3 rings (SSSR count). The van der Waals surface area contributed by atoms with Gasteiger partial charge in [-0.2, -0.15) is 0 Å². The Balaban J connectivity index is 2.36. The second kappa shape index (κ2) is 9.02. The monoisotopic (exact) mass is 443 g/mol. The summed E-state index contributed by atoms with van der Waals surface area (Å²) in [6.07, 6.45) is 0. The zero-order chi connectivity index (χ0) is 22.9. The minimum atomic E-state index is -1.10. The number of benzene rings is 2. The number of hydrogen-bond acceptors (Lipinski definition) is 4. The first-order chi connectivity index (χ1) is 14.7. The molecule has 0 radical (unpaired) electrons. The third kappa shape index (κ3) is 4.26. The van der Waals surface area contributed by atoms with Gasteiger partial charge in [0.2, 0.25) is 0 Å². The topological polar surface area (TPSA) is 88.8 Å². The molecule has 31 heavy (non-hydrogen) atoms. The molecule has 0 aliphatic carbocycles. The fourth-order valence-electron chi connectivity index (χ4n) is 4.01. The van der Waals surface area contributed by atoms with Crippen molar-refractivity contribution in [1.29, 1.82) is 0 Å². The fourth-order valence-corrected chi connectivity index (χ4v) is 4.13. The van der Waals surface area contributed by atoms with Crippen molar-refractivity contribution in [2.24, 2.45) is 5.92 Å². The Morgan fingerprint density at radius 1 is 1.19 bits per heavy atom. The molecule has 1 atom stereocenters. The molecule has 2 N–H and O–H groups in total. The van der Waals surface area contributed by atoms with Crippen LogP contribution in [0.1, 0.15) is 53.9 Å². The van der Waals surface area contributed by atoms with Crippen molar-refractivity contribution in [2.45, 2.75) is 40.2 Å². The Morgan fingerprint density at radius 2 is 1.90 bits per heavy atom. The van der Waals surface area contributed by atoms with E-state index in [9.17, 15) is 19.8 Å². The van der Waals surface area contributed by atoms with Gasteiger partial charge in [0.25, 0.3) is 0 Å². The highest BCUT2D eigenvalue weighted by Crippen LogP contribution is 2.38. The number of halogens is 1. The van der Waals surface area contributed by atoms with Crippen LogP contribution >= 0.6 is 11.6 Å². The number of carboxylic acids is 1. The minimum absolute atomic E-state index is 0.136. The zero-order valence-electron chi connectivity index (χ0n) is 18.0. The van der Waals surface area contributed by atoms with Gasteiger partial charge in [-0.05, 0) is 49.1 Å². The molecule has 0 bridgehead atoms. The van der Waals surface area contributed by atoms with Crippen LogP contribution < -0.4 is 0 Å².